The normalized spacial score (nSPS) is 12.6. The smallest absolute Gasteiger partial charge is 0.0624 e. The molecule has 0 amide bonds. The molecule has 1 atom stereocenters. The van der Waals surface area contributed by atoms with Gasteiger partial charge in [0, 0.05) is 28.8 Å². The molecule has 1 unspecified atom stereocenters. The largest absolute Gasteiger partial charge is 0.310 e. The van der Waals surface area contributed by atoms with E-state index in [4.69, 9.17) is 0 Å². The van der Waals surface area contributed by atoms with Crippen LogP contribution in [-0.4, -0.2) is 16.3 Å². The third kappa shape index (κ3) is 4.30. The minimum absolute atomic E-state index is 0.346. The first-order chi connectivity index (χ1) is 10.2. The minimum Gasteiger partial charge on any atom is -0.310 e. The summed E-state index contributed by atoms with van der Waals surface area (Å²) in [5, 5.41) is 8.25. The van der Waals surface area contributed by atoms with Crippen LogP contribution in [0.15, 0.2) is 30.3 Å². The average Bonchev–Trinajstić information content (AvgIpc) is 2.84. The van der Waals surface area contributed by atoms with Gasteiger partial charge in [0.25, 0.3) is 0 Å². The zero-order chi connectivity index (χ0) is 15.2. The third-order valence-electron chi connectivity index (χ3n) is 3.72. The van der Waals surface area contributed by atoms with E-state index in [1.165, 1.54) is 20.5 Å². The van der Waals surface area contributed by atoms with Crippen LogP contribution >= 0.6 is 22.6 Å². The third-order valence-corrected chi connectivity index (χ3v) is 4.71. The fourth-order valence-electron chi connectivity index (χ4n) is 2.51. The summed E-state index contributed by atoms with van der Waals surface area (Å²) in [7, 11) is 2.04. The van der Waals surface area contributed by atoms with E-state index < -0.39 is 0 Å². The number of nitrogens with zero attached hydrogens (tertiary/aromatic N) is 2. The van der Waals surface area contributed by atoms with E-state index in [1.807, 2.05) is 11.7 Å². The Bertz CT molecular complexity index is 577. The molecule has 2 rings (SSSR count). The maximum atomic E-state index is 4.57. The number of rotatable bonds is 7. The number of halogens is 1. The van der Waals surface area contributed by atoms with Crippen LogP contribution in [0.4, 0.5) is 0 Å². The van der Waals surface area contributed by atoms with Gasteiger partial charge >= 0.3 is 0 Å². The first kappa shape index (κ1) is 16.5. The first-order valence-electron chi connectivity index (χ1n) is 7.65. The lowest BCUT2D eigenvalue weighted by atomic mass is 10.0. The minimum atomic E-state index is 0.346. The zero-order valence-electron chi connectivity index (χ0n) is 13.1. The highest BCUT2D eigenvalue weighted by molar-refractivity contribution is 14.1. The molecule has 1 aromatic heterocycles. The van der Waals surface area contributed by atoms with Gasteiger partial charge in [-0.15, -0.1) is 0 Å². The van der Waals surface area contributed by atoms with Crippen molar-refractivity contribution >= 4 is 22.6 Å². The molecule has 0 radical (unpaired) electrons. The molecule has 0 aliphatic carbocycles. The quantitative estimate of drug-likeness (QED) is 0.719. The molecule has 0 saturated heterocycles. The molecule has 0 bridgehead atoms. The van der Waals surface area contributed by atoms with Crippen LogP contribution in [0.2, 0.25) is 0 Å². The summed E-state index contributed by atoms with van der Waals surface area (Å²) in [5.74, 6) is 0. The number of aromatic nitrogens is 2. The Hall–Kier alpha value is -0.880. The van der Waals surface area contributed by atoms with Crippen molar-refractivity contribution in [2.75, 3.05) is 6.54 Å². The first-order valence-corrected chi connectivity index (χ1v) is 8.73. The van der Waals surface area contributed by atoms with Crippen LogP contribution in [0.25, 0.3) is 0 Å². The molecule has 2 aromatic rings. The molecule has 114 valence electrons. The van der Waals surface area contributed by atoms with Crippen LogP contribution in [0.3, 0.4) is 0 Å². The van der Waals surface area contributed by atoms with Crippen molar-refractivity contribution in [1.82, 2.24) is 15.1 Å². The molecule has 0 fully saturated rings. The van der Waals surface area contributed by atoms with E-state index in [1.54, 1.807) is 0 Å². The molecule has 0 spiro atoms. The summed E-state index contributed by atoms with van der Waals surface area (Å²) in [5.41, 5.74) is 3.84. The SMILES string of the molecule is CCCNC(Cc1cc(CC)nn1C)c1ccccc1I. The second-order valence-electron chi connectivity index (χ2n) is 5.34. The summed E-state index contributed by atoms with van der Waals surface area (Å²) in [4.78, 5) is 0. The number of aryl methyl sites for hydroxylation is 2. The van der Waals surface area contributed by atoms with E-state index in [0.717, 1.165) is 25.8 Å². The summed E-state index contributed by atoms with van der Waals surface area (Å²) >= 11 is 2.43. The Kier molecular flexibility index (Phi) is 6.23. The highest BCUT2D eigenvalue weighted by atomic mass is 127. The van der Waals surface area contributed by atoms with E-state index >= 15 is 0 Å². The van der Waals surface area contributed by atoms with Crippen molar-refractivity contribution in [3.05, 3.63) is 50.9 Å². The van der Waals surface area contributed by atoms with E-state index in [-0.39, 0.29) is 0 Å². The summed E-state index contributed by atoms with van der Waals surface area (Å²) in [6.07, 6.45) is 3.11. The van der Waals surface area contributed by atoms with Gasteiger partial charge in [0.15, 0.2) is 0 Å². The van der Waals surface area contributed by atoms with Crippen molar-refractivity contribution in [2.24, 2.45) is 7.05 Å². The highest BCUT2D eigenvalue weighted by Gasteiger charge is 2.16. The van der Waals surface area contributed by atoms with Gasteiger partial charge in [0.1, 0.15) is 0 Å². The summed E-state index contributed by atoms with van der Waals surface area (Å²) in [6, 6.07) is 11.2. The van der Waals surface area contributed by atoms with Gasteiger partial charge in [-0.25, -0.2) is 0 Å². The van der Waals surface area contributed by atoms with Gasteiger partial charge in [-0.1, -0.05) is 32.0 Å². The van der Waals surface area contributed by atoms with Gasteiger partial charge < -0.3 is 5.32 Å². The second kappa shape index (κ2) is 7.94. The van der Waals surface area contributed by atoms with Crippen LogP contribution in [0.5, 0.6) is 0 Å². The van der Waals surface area contributed by atoms with Crippen LogP contribution < -0.4 is 5.32 Å². The van der Waals surface area contributed by atoms with Crippen molar-refractivity contribution < 1.29 is 0 Å². The molecular weight excluding hydrogens is 373 g/mol. The molecule has 0 saturated carbocycles. The van der Waals surface area contributed by atoms with E-state index in [0.29, 0.717) is 6.04 Å². The lowest BCUT2D eigenvalue weighted by Crippen LogP contribution is -2.25. The Morgan fingerprint density at radius 1 is 1.29 bits per heavy atom. The number of nitrogens with one attached hydrogen (secondary N) is 1. The Labute approximate surface area is 141 Å². The van der Waals surface area contributed by atoms with Crippen LogP contribution in [0.1, 0.15) is 43.3 Å². The monoisotopic (exact) mass is 397 g/mol. The fourth-order valence-corrected chi connectivity index (χ4v) is 3.28. The predicted octanol–water partition coefficient (Wildman–Crippen LogP) is 3.87. The van der Waals surface area contributed by atoms with Crippen LogP contribution in [-0.2, 0) is 19.9 Å². The summed E-state index contributed by atoms with van der Waals surface area (Å²) in [6.45, 7) is 5.40. The average molecular weight is 397 g/mol. The second-order valence-corrected chi connectivity index (χ2v) is 6.50. The maximum Gasteiger partial charge on any atom is 0.0624 e. The Morgan fingerprint density at radius 2 is 2.05 bits per heavy atom. The number of hydrogen-bond acceptors (Lipinski definition) is 2. The summed E-state index contributed by atoms with van der Waals surface area (Å²) < 4.78 is 3.34. The maximum absolute atomic E-state index is 4.57. The van der Waals surface area contributed by atoms with Gasteiger partial charge in [0.05, 0.1) is 5.69 Å². The lowest BCUT2D eigenvalue weighted by molar-refractivity contribution is 0.510. The van der Waals surface area contributed by atoms with Gasteiger partial charge in [-0.2, -0.15) is 5.10 Å². The highest BCUT2D eigenvalue weighted by Crippen LogP contribution is 2.23. The fraction of sp³-hybridized carbons (Fsp3) is 0.471. The van der Waals surface area contributed by atoms with Gasteiger partial charge in [0.2, 0.25) is 0 Å². The molecule has 0 aliphatic rings. The molecule has 4 heteroatoms. The molecule has 1 aromatic carbocycles. The molecule has 21 heavy (non-hydrogen) atoms. The predicted molar refractivity (Wildman–Crippen MR) is 96.5 cm³/mol. The molecule has 1 N–H and O–H groups in total. The van der Waals surface area contributed by atoms with E-state index in [9.17, 15) is 0 Å². The molecular formula is C17H24IN3. The van der Waals surface area contributed by atoms with Crippen LogP contribution in [0, 0.1) is 3.57 Å². The number of benzene rings is 1. The molecule has 3 nitrogen and oxygen atoms in total. The van der Waals surface area contributed by atoms with Crippen molar-refractivity contribution in [2.45, 2.75) is 39.2 Å². The van der Waals surface area contributed by atoms with Gasteiger partial charge in [-0.05, 0) is 59.7 Å². The topological polar surface area (TPSA) is 29.9 Å². The molecule has 0 aliphatic heterocycles. The standard InChI is InChI=1S/C17H24IN3/c1-4-10-19-17(15-8-6-7-9-16(15)18)12-14-11-13(5-2)20-21(14)3/h6-9,11,17,19H,4-5,10,12H2,1-3H3. The van der Waals surface area contributed by atoms with Crippen molar-refractivity contribution in [3.63, 3.8) is 0 Å². The zero-order valence-corrected chi connectivity index (χ0v) is 15.2. The van der Waals surface area contributed by atoms with Crippen molar-refractivity contribution in [3.8, 4) is 0 Å². The van der Waals surface area contributed by atoms with E-state index in [2.05, 4.69) is 77.2 Å². The van der Waals surface area contributed by atoms with Crippen molar-refractivity contribution in [1.29, 1.82) is 0 Å². The lowest BCUT2D eigenvalue weighted by Gasteiger charge is -2.20. The number of hydrogen-bond donors (Lipinski definition) is 1. The Balaban J connectivity index is 2.24. The van der Waals surface area contributed by atoms with Gasteiger partial charge in [-0.3, -0.25) is 4.68 Å². The molecule has 1 heterocycles. The Morgan fingerprint density at radius 3 is 2.67 bits per heavy atom.